The Bertz CT molecular complexity index is 458. The highest BCUT2D eigenvalue weighted by molar-refractivity contribution is 5.32. The van der Waals surface area contributed by atoms with Gasteiger partial charge in [-0.05, 0) is 37.5 Å². The Hall–Kier alpha value is -1.41. The van der Waals surface area contributed by atoms with Crippen molar-refractivity contribution in [2.24, 2.45) is 0 Å². The third-order valence-electron chi connectivity index (χ3n) is 4.29. The number of nitriles is 1. The SMILES string of the molecule is COC1CCN(CCN[C@H](C)c2ccc(C#N)cc2)CC1. The quantitative estimate of drug-likeness (QED) is 0.872. The van der Waals surface area contributed by atoms with Crippen LogP contribution in [0.2, 0.25) is 0 Å². The van der Waals surface area contributed by atoms with Crippen LogP contribution in [-0.2, 0) is 4.74 Å². The molecule has 0 unspecified atom stereocenters. The molecule has 0 spiro atoms. The summed E-state index contributed by atoms with van der Waals surface area (Å²) in [6.07, 6.45) is 2.73. The monoisotopic (exact) mass is 287 g/mol. The first kappa shape index (κ1) is 16.0. The molecule has 0 aliphatic carbocycles. The van der Waals surface area contributed by atoms with Gasteiger partial charge in [-0.25, -0.2) is 0 Å². The maximum Gasteiger partial charge on any atom is 0.0991 e. The first-order valence-electron chi connectivity index (χ1n) is 7.71. The summed E-state index contributed by atoms with van der Waals surface area (Å²) in [5.74, 6) is 0. The van der Waals surface area contributed by atoms with Crippen molar-refractivity contribution in [1.82, 2.24) is 10.2 Å². The lowest BCUT2D eigenvalue weighted by molar-refractivity contribution is 0.0413. The van der Waals surface area contributed by atoms with Crippen molar-refractivity contribution in [3.05, 3.63) is 35.4 Å². The molecule has 0 saturated carbocycles. The molecule has 1 atom stereocenters. The zero-order valence-corrected chi connectivity index (χ0v) is 13.0. The smallest absolute Gasteiger partial charge is 0.0991 e. The maximum atomic E-state index is 8.81. The van der Waals surface area contributed by atoms with Gasteiger partial charge in [0.25, 0.3) is 0 Å². The number of benzene rings is 1. The summed E-state index contributed by atoms with van der Waals surface area (Å²) in [4.78, 5) is 2.49. The number of ether oxygens (including phenoxy) is 1. The van der Waals surface area contributed by atoms with Gasteiger partial charge in [0.15, 0.2) is 0 Å². The van der Waals surface area contributed by atoms with Crippen molar-refractivity contribution in [1.29, 1.82) is 5.26 Å². The van der Waals surface area contributed by atoms with Gasteiger partial charge in [-0.1, -0.05) is 12.1 Å². The second kappa shape index (κ2) is 8.14. The van der Waals surface area contributed by atoms with E-state index in [1.54, 1.807) is 7.11 Å². The topological polar surface area (TPSA) is 48.3 Å². The number of piperidine rings is 1. The lowest BCUT2D eigenvalue weighted by Crippen LogP contribution is -2.40. The van der Waals surface area contributed by atoms with Gasteiger partial charge >= 0.3 is 0 Å². The molecule has 1 aromatic rings. The Morgan fingerprint density at radius 1 is 1.33 bits per heavy atom. The third-order valence-corrected chi connectivity index (χ3v) is 4.29. The fourth-order valence-electron chi connectivity index (χ4n) is 2.77. The number of hydrogen-bond acceptors (Lipinski definition) is 4. The molecule has 0 radical (unpaired) electrons. The zero-order valence-electron chi connectivity index (χ0n) is 13.0. The number of nitrogens with zero attached hydrogens (tertiary/aromatic N) is 2. The van der Waals surface area contributed by atoms with Gasteiger partial charge in [-0.2, -0.15) is 5.26 Å². The summed E-state index contributed by atoms with van der Waals surface area (Å²) in [6.45, 7) is 6.49. The van der Waals surface area contributed by atoms with Gasteiger partial charge in [0.05, 0.1) is 17.7 Å². The van der Waals surface area contributed by atoms with Crippen LogP contribution in [0.3, 0.4) is 0 Å². The highest BCUT2D eigenvalue weighted by Gasteiger charge is 2.18. The molecule has 1 N–H and O–H groups in total. The molecule has 0 bridgehead atoms. The van der Waals surface area contributed by atoms with E-state index in [0.29, 0.717) is 17.7 Å². The van der Waals surface area contributed by atoms with Crippen molar-refractivity contribution in [3.63, 3.8) is 0 Å². The summed E-state index contributed by atoms with van der Waals surface area (Å²) >= 11 is 0. The van der Waals surface area contributed by atoms with Crippen LogP contribution in [0.4, 0.5) is 0 Å². The fraction of sp³-hybridized carbons (Fsp3) is 0.588. The normalized spacial score (nSPS) is 18.3. The summed E-state index contributed by atoms with van der Waals surface area (Å²) in [7, 11) is 1.81. The maximum absolute atomic E-state index is 8.81. The standard InChI is InChI=1S/C17H25N3O/c1-14(16-5-3-15(13-18)4-6-16)19-9-12-20-10-7-17(21-2)8-11-20/h3-6,14,17,19H,7-12H2,1-2H3/t14-/m1/s1. The van der Waals surface area contributed by atoms with Crippen LogP contribution in [0, 0.1) is 11.3 Å². The Kier molecular flexibility index (Phi) is 6.19. The van der Waals surface area contributed by atoms with Gasteiger partial charge in [-0.3, -0.25) is 0 Å². The summed E-state index contributed by atoms with van der Waals surface area (Å²) < 4.78 is 5.39. The Labute approximate surface area is 127 Å². The van der Waals surface area contributed by atoms with Crippen molar-refractivity contribution in [3.8, 4) is 6.07 Å². The molecule has 1 heterocycles. The number of likely N-dealkylation sites (tertiary alicyclic amines) is 1. The Morgan fingerprint density at radius 3 is 2.57 bits per heavy atom. The van der Waals surface area contributed by atoms with Gasteiger partial charge < -0.3 is 15.0 Å². The number of nitrogens with one attached hydrogen (secondary N) is 1. The lowest BCUT2D eigenvalue weighted by Gasteiger charge is -2.31. The highest BCUT2D eigenvalue weighted by atomic mass is 16.5. The van der Waals surface area contributed by atoms with E-state index in [1.807, 2.05) is 24.3 Å². The predicted molar refractivity (Wildman–Crippen MR) is 84.0 cm³/mol. The van der Waals surface area contributed by atoms with E-state index in [0.717, 1.165) is 39.0 Å². The minimum atomic E-state index is 0.314. The average molecular weight is 287 g/mol. The third kappa shape index (κ3) is 4.82. The minimum Gasteiger partial charge on any atom is -0.381 e. The van der Waals surface area contributed by atoms with Gasteiger partial charge in [-0.15, -0.1) is 0 Å². The van der Waals surface area contributed by atoms with Crippen LogP contribution in [0.25, 0.3) is 0 Å². The van der Waals surface area contributed by atoms with E-state index >= 15 is 0 Å². The fourth-order valence-corrected chi connectivity index (χ4v) is 2.77. The van der Waals surface area contributed by atoms with E-state index in [4.69, 9.17) is 10.00 Å². The van der Waals surface area contributed by atoms with E-state index in [9.17, 15) is 0 Å². The summed E-state index contributed by atoms with van der Waals surface area (Å²) in [6, 6.07) is 10.3. The first-order valence-corrected chi connectivity index (χ1v) is 7.71. The molecule has 1 aromatic carbocycles. The number of hydrogen-bond donors (Lipinski definition) is 1. The molecular formula is C17H25N3O. The van der Waals surface area contributed by atoms with Crippen LogP contribution in [0.15, 0.2) is 24.3 Å². The second-order valence-electron chi connectivity index (χ2n) is 5.69. The molecule has 114 valence electrons. The molecule has 2 rings (SSSR count). The number of methoxy groups -OCH3 is 1. The van der Waals surface area contributed by atoms with Gasteiger partial charge in [0.1, 0.15) is 0 Å². The van der Waals surface area contributed by atoms with E-state index in [1.165, 1.54) is 5.56 Å². The van der Waals surface area contributed by atoms with Crippen molar-refractivity contribution < 1.29 is 4.74 Å². The molecule has 21 heavy (non-hydrogen) atoms. The second-order valence-corrected chi connectivity index (χ2v) is 5.69. The molecule has 1 aliphatic heterocycles. The van der Waals surface area contributed by atoms with Crippen LogP contribution in [-0.4, -0.2) is 44.3 Å². The molecule has 0 amide bonds. The summed E-state index contributed by atoms with van der Waals surface area (Å²) in [5, 5.41) is 12.4. The van der Waals surface area contributed by atoms with Crippen molar-refractivity contribution in [2.75, 3.05) is 33.3 Å². The Morgan fingerprint density at radius 2 is 2.00 bits per heavy atom. The largest absolute Gasteiger partial charge is 0.381 e. The van der Waals surface area contributed by atoms with E-state index < -0.39 is 0 Å². The minimum absolute atomic E-state index is 0.314. The van der Waals surface area contributed by atoms with Crippen molar-refractivity contribution in [2.45, 2.75) is 31.9 Å². The van der Waals surface area contributed by atoms with Crippen LogP contribution in [0.5, 0.6) is 0 Å². The lowest BCUT2D eigenvalue weighted by atomic mass is 10.1. The first-order chi connectivity index (χ1) is 10.2. The average Bonchev–Trinajstić information content (AvgIpc) is 2.55. The molecule has 1 aliphatic rings. The molecule has 1 fully saturated rings. The summed E-state index contributed by atoms with van der Waals surface area (Å²) in [5.41, 5.74) is 1.94. The van der Waals surface area contributed by atoms with Crippen molar-refractivity contribution >= 4 is 0 Å². The van der Waals surface area contributed by atoms with E-state index in [2.05, 4.69) is 23.2 Å². The molecule has 4 heteroatoms. The molecule has 0 aromatic heterocycles. The molecular weight excluding hydrogens is 262 g/mol. The predicted octanol–water partition coefficient (Wildman–Crippen LogP) is 2.32. The zero-order chi connectivity index (χ0) is 15.1. The molecule has 4 nitrogen and oxygen atoms in total. The van der Waals surface area contributed by atoms with Gasteiger partial charge in [0.2, 0.25) is 0 Å². The highest BCUT2D eigenvalue weighted by Crippen LogP contribution is 2.14. The van der Waals surface area contributed by atoms with Crippen LogP contribution < -0.4 is 5.32 Å². The van der Waals surface area contributed by atoms with Crippen LogP contribution >= 0.6 is 0 Å². The van der Waals surface area contributed by atoms with Gasteiger partial charge in [0, 0.05) is 39.3 Å². The van der Waals surface area contributed by atoms with E-state index in [-0.39, 0.29) is 0 Å². The molecule has 1 saturated heterocycles. The van der Waals surface area contributed by atoms with Crippen LogP contribution in [0.1, 0.15) is 36.9 Å². The number of rotatable bonds is 6. The Balaban J connectivity index is 1.69.